The summed E-state index contributed by atoms with van der Waals surface area (Å²) in [7, 11) is 0. The highest BCUT2D eigenvalue weighted by molar-refractivity contribution is 5.62. The predicted octanol–water partition coefficient (Wildman–Crippen LogP) is 2.86. The Morgan fingerprint density at radius 3 is 2.59 bits per heavy atom. The van der Waals surface area contributed by atoms with Crippen molar-refractivity contribution >= 4 is 5.82 Å². The Morgan fingerprint density at radius 1 is 1.12 bits per heavy atom. The summed E-state index contributed by atoms with van der Waals surface area (Å²) in [4.78, 5) is 8.36. The second kappa shape index (κ2) is 4.13. The van der Waals surface area contributed by atoms with E-state index >= 15 is 0 Å². The second-order valence-electron chi connectivity index (χ2n) is 4.21. The summed E-state index contributed by atoms with van der Waals surface area (Å²) in [5.74, 6) is 0.598. The van der Waals surface area contributed by atoms with E-state index in [2.05, 4.69) is 15.3 Å². The van der Waals surface area contributed by atoms with Gasteiger partial charge in [0, 0.05) is 17.7 Å². The second-order valence-corrected chi connectivity index (χ2v) is 4.21. The molecule has 1 N–H and O–H groups in total. The fourth-order valence-electron chi connectivity index (χ4n) is 1.65. The molecule has 3 nitrogen and oxygen atoms in total. The molecule has 0 atom stereocenters. The van der Waals surface area contributed by atoms with E-state index in [0.29, 0.717) is 6.04 Å². The first-order valence-electron chi connectivity index (χ1n) is 5.66. The maximum atomic E-state index is 12.8. The number of nitrogens with zero attached hydrogens (tertiary/aromatic N) is 2. The van der Waals surface area contributed by atoms with Crippen LogP contribution in [0.3, 0.4) is 0 Å². The largest absolute Gasteiger partial charge is 0.367 e. The van der Waals surface area contributed by atoms with Crippen molar-refractivity contribution in [1.82, 2.24) is 9.97 Å². The highest BCUT2D eigenvalue weighted by Gasteiger charge is 2.21. The summed E-state index contributed by atoms with van der Waals surface area (Å²) < 4.78 is 12.8. The number of anilines is 1. The van der Waals surface area contributed by atoms with Gasteiger partial charge in [0.1, 0.15) is 18.0 Å². The van der Waals surface area contributed by atoms with Crippen LogP contribution in [0.25, 0.3) is 11.3 Å². The Hall–Kier alpha value is -1.97. The van der Waals surface area contributed by atoms with E-state index in [0.717, 1.165) is 17.1 Å². The quantitative estimate of drug-likeness (QED) is 0.879. The normalized spacial score (nSPS) is 14.6. The van der Waals surface area contributed by atoms with Crippen LogP contribution in [0.4, 0.5) is 10.2 Å². The van der Waals surface area contributed by atoms with Gasteiger partial charge in [-0.05, 0) is 37.1 Å². The number of benzene rings is 1. The van der Waals surface area contributed by atoms with Crippen LogP contribution in [0.1, 0.15) is 12.8 Å². The lowest BCUT2D eigenvalue weighted by atomic mass is 10.1. The molecule has 4 heteroatoms. The van der Waals surface area contributed by atoms with Gasteiger partial charge < -0.3 is 5.32 Å². The van der Waals surface area contributed by atoms with E-state index in [9.17, 15) is 4.39 Å². The molecule has 1 aliphatic carbocycles. The average molecular weight is 229 g/mol. The molecule has 17 heavy (non-hydrogen) atoms. The highest BCUT2D eigenvalue weighted by Crippen LogP contribution is 2.25. The number of hydrogen-bond donors (Lipinski definition) is 1. The molecule has 0 bridgehead atoms. The van der Waals surface area contributed by atoms with Crippen LogP contribution < -0.4 is 5.32 Å². The third-order valence-corrected chi connectivity index (χ3v) is 2.74. The van der Waals surface area contributed by atoms with Gasteiger partial charge in [0.05, 0.1) is 5.69 Å². The molecular formula is C13H12FN3. The predicted molar refractivity (Wildman–Crippen MR) is 64.1 cm³/mol. The van der Waals surface area contributed by atoms with Crippen molar-refractivity contribution in [1.29, 1.82) is 0 Å². The average Bonchev–Trinajstić information content (AvgIpc) is 3.14. The Morgan fingerprint density at radius 2 is 1.88 bits per heavy atom. The van der Waals surface area contributed by atoms with Crippen LogP contribution in [0.5, 0.6) is 0 Å². The van der Waals surface area contributed by atoms with E-state index in [1.54, 1.807) is 12.1 Å². The number of aromatic nitrogens is 2. The fraction of sp³-hybridized carbons (Fsp3) is 0.231. The van der Waals surface area contributed by atoms with E-state index in [4.69, 9.17) is 0 Å². The van der Waals surface area contributed by atoms with Gasteiger partial charge in [-0.15, -0.1) is 0 Å². The Kier molecular flexibility index (Phi) is 2.48. The monoisotopic (exact) mass is 229 g/mol. The van der Waals surface area contributed by atoms with Crippen molar-refractivity contribution in [2.45, 2.75) is 18.9 Å². The maximum Gasteiger partial charge on any atom is 0.130 e. The molecule has 1 fully saturated rings. The Balaban J connectivity index is 1.88. The lowest BCUT2D eigenvalue weighted by molar-refractivity contribution is 0.628. The first kappa shape index (κ1) is 10.2. The minimum Gasteiger partial charge on any atom is -0.367 e. The van der Waals surface area contributed by atoms with Gasteiger partial charge in [0.15, 0.2) is 0 Å². The highest BCUT2D eigenvalue weighted by atomic mass is 19.1. The lowest BCUT2D eigenvalue weighted by Crippen LogP contribution is -2.03. The van der Waals surface area contributed by atoms with Gasteiger partial charge in [0.2, 0.25) is 0 Å². The zero-order valence-electron chi connectivity index (χ0n) is 9.23. The molecule has 1 aromatic carbocycles. The third-order valence-electron chi connectivity index (χ3n) is 2.74. The summed E-state index contributed by atoms with van der Waals surface area (Å²) >= 11 is 0. The third kappa shape index (κ3) is 2.41. The van der Waals surface area contributed by atoms with E-state index in [1.165, 1.54) is 31.3 Å². The molecule has 1 saturated carbocycles. The zero-order valence-corrected chi connectivity index (χ0v) is 9.23. The van der Waals surface area contributed by atoms with Crippen molar-refractivity contribution in [3.05, 3.63) is 42.5 Å². The number of rotatable bonds is 3. The summed E-state index contributed by atoms with van der Waals surface area (Å²) in [5, 5.41) is 3.31. The van der Waals surface area contributed by atoms with Gasteiger partial charge in [0.25, 0.3) is 0 Å². The molecule has 1 aliphatic rings. The Bertz CT molecular complexity index is 520. The summed E-state index contributed by atoms with van der Waals surface area (Å²) in [6.45, 7) is 0. The van der Waals surface area contributed by atoms with Gasteiger partial charge in [-0.1, -0.05) is 0 Å². The maximum absolute atomic E-state index is 12.8. The molecule has 3 rings (SSSR count). The molecule has 0 radical (unpaired) electrons. The minimum absolute atomic E-state index is 0.237. The van der Waals surface area contributed by atoms with Crippen molar-refractivity contribution in [3.8, 4) is 11.3 Å². The van der Waals surface area contributed by atoms with Crippen molar-refractivity contribution < 1.29 is 4.39 Å². The standard InChI is InChI=1S/C13H12FN3/c14-10-3-1-9(2-4-10)12-7-13(16-8-15-12)17-11-5-6-11/h1-4,7-8,11H,5-6H2,(H,15,16,17). The molecular weight excluding hydrogens is 217 g/mol. The molecule has 2 aromatic rings. The van der Waals surface area contributed by atoms with Crippen LogP contribution in [-0.2, 0) is 0 Å². The SMILES string of the molecule is Fc1ccc(-c2cc(NC3CC3)ncn2)cc1. The molecule has 0 spiro atoms. The summed E-state index contributed by atoms with van der Waals surface area (Å²) in [6.07, 6.45) is 3.94. The van der Waals surface area contributed by atoms with Crippen LogP contribution in [-0.4, -0.2) is 16.0 Å². The van der Waals surface area contributed by atoms with Gasteiger partial charge in [-0.2, -0.15) is 0 Å². The van der Waals surface area contributed by atoms with Gasteiger partial charge in [-0.25, -0.2) is 14.4 Å². The molecule has 1 heterocycles. The van der Waals surface area contributed by atoms with Crippen LogP contribution >= 0.6 is 0 Å². The first-order valence-corrected chi connectivity index (χ1v) is 5.66. The van der Waals surface area contributed by atoms with Gasteiger partial charge >= 0.3 is 0 Å². The topological polar surface area (TPSA) is 37.8 Å². The first-order chi connectivity index (χ1) is 8.31. The molecule has 0 saturated heterocycles. The lowest BCUT2D eigenvalue weighted by Gasteiger charge is -2.05. The number of halogens is 1. The van der Waals surface area contributed by atoms with Crippen molar-refractivity contribution in [3.63, 3.8) is 0 Å². The van der Waals surface area contributed by atoms with Crippen molar-refractivity contribution in [2.24, 2.45) is 0 Å². The van der Waals surface area contributed by atoms with Gasteiger partial charge in [-0.3, -0.25) is 0 Å². The zero-order chi connectivity index (χ0) is 11.7. The molecule has 0 aliphatic heterocycles. The summed E-state index contributed by atoms with van der Waals surface area (Å²) in [6, 6.07) is 8.77. The van der Waals surface area contributed by atoms with Crippen molar-refractivity contribution in [2.75, 3.05) is 5.32 Å². The summed E-state index contributed by atoms with van der Waals surface area (Å²) in [5.41, 5.74) is 1.70. The fourth-order valence-corrected chi connectivity index (χ4v) is 1.65. The minimum atomic E-state index is -0.237. The van der Waals surface area contributed by atoms with E-state index in [1.807, 2.05) is 6.07 Å². The van der Waals surface area contributed by atoms with Crippen LogP contribution in [0.15, 0.2) is 36.7 Å². The molecule has 1 aromatic heterocycles. The van der Waals surface area contributed by atoms with E-state index in [-0.39, 0.29) is 5.82 Å². The molecule has 0 amide bonds. The number of hydrogen-bond acceptors (Lipinski definition) is 3. The van der Waals surface area contributed by atoms with Crippen LogP contribution in [0, 0.1) is 5.82 Å². The Labute approximate surface area is 98.7 Å². The number of nitrogens with one attached hydrogen (secondary N) is 1. The van der Waals surface area contributed by atoms with Crippen LogP contribution in [0.2, 0.25) is 0 Å². The molecule has 86 valence electrons. The van der Waals surface area contributed by atoms with E-state index < -0.39 is 0 Å². The molecule has 0 unspecified atom stereocenters. The smallest absolute Gasteiger partial charge is 0.130 e.